The first kappa shape index (κ1) is 13.5. The van der Waals surface area contributed by atoms with Crippen molar-refractivity contribution in [3.05, 3.63) is 39.9 Å². The zero-order valence-electron chi connectivity index (χ0n) is 9.92. The fourth-order valence-electron chi connectivity index (χ4n) is 1.83. The number of benzene rings is 1. The normalized spacial score (nSPS) is 12.0. The minimum absolute atomic E-state index is 0.0636. The fourth-order valence-corrected chi connectivity index (χ4v) is 1.83. The smallest absolute Gasteiger partial charge is 0.330 e. The molecule has 3 N–H and O–H groups in total. The van der Waals surface area contributed by atoms with Crippen LogP contribution in [0.4, 0.5) is 13.2 Å². The monoisotopic (exact) mass is 271 g/mol. The van der Waals surface area contributed by atoms with E-state index in [9.17, 15) is 18.0 Å². The predicted molar refractivity (Wildman–Crippen MR) is 64.7 cm³/mol. The highest BCUT2D eigenvalue weighted by Crippen LogP contribution is 2.32. The van der Waals surface area contributed by atoms with Gasteiger partial charge in [-0.15, -0.1) is 0 Å². The molecule has 0 amide bonds. The Bertz CT molecular complexity index is 649. The number of alkyl halides is 3. The number of aryl methyl sites for hydroxylation is 1. The van der Waals surface area contributed by atoms with Crippen LogP contribution in [0.5, 0.6) is 0 Å². The minimum Gasteiger partial charge on any atom is -0.330 e. The maximum atomic E-state index is 12.9. The lowest BCUT2D eigenvalue weighted by molar-refractivity contribution is -0.136. The van der Waals surface area contributed by atoms with Gasteiger partial charge in [-0.05, 0) is 25.1 Å². The third-order valence-electron chi connectivity index (χ3n) is 2.71. The molecule has 0 aliphatic carbocycles. The van der Waals surface area contributed by atoms with Crippen molar-refractivity contribution in [2.24, 2.45) is 5.73 Å². The topological polar surface area (TPSA) is 71.8 Å². The van der Waals surface area contributed by atoms with E-state index >= 15 is 0 Å². The van der Waals surface area contributed by atoms with E-state index in [2.05, 4.69) is 9.97 Å². The number of nitrogens with one attached hydrogen (secondary N) is 1. The molecule has 0 saturated heterocycles. The molecule has 102 valence electrons. The van der Waals surface area contributed by atoms with E-state index in [0.717, 1.165) is 6.07 Å². The molecule has 0 spiro atoms. The Labute approximate surface area is 106 Å². The molecule has 0 aliphatic rings. The molecule has 0 fully saturated rings. The molecule has 0 bridgehead atoms. The lowest BCUT2D eigenvalue weighted by atomic mass is 10.1. The molecular formula is C12H12F3N3O. The van der Waals surface area contributed by atoms with Crippen LogP contribution >= 0.6 is 0 Å². The summed E-state index contributed by atoms with van der Waals surface area (Å²) in [6.45, 7) is 0.378. The van der Waals surface area contributed by atoms with Crippen molar-refractivity contribution in [1.29, 1.82) is 0 Å². The van der Waals surface area contributed by atoms with Crippen molar-refractivity contribution in [1.82, 2.24) is 9.97 Å². The first-order chi connectivity index (χ1) is 8.93. The lowest BCUT2D eigenvalue weighted by Crippen LogP contribution is -2.16. The van der Waals surface area contributed by atoms with Crippen LogP contribution < -0.4 is 11.3 Å². The second-order valence-electron chi connectivity index (χ2n) is 4.10. The molecule has 19 heavy (non-hydrogen) atoms. The van der Waals surface area contributed by atoms with Crippen LogP contribution in [-0.2, 0) is 12.6 Å². The summed E-state index contributed by atoms with van der Waals surface area (Å²) in [4.78, 5) is 18.1. The average molecular weight is 271 g/mol. The van der Waals surface area contributed by atoms with Gasteiger partial charge in [-0.3, -0.25) is 4.79 Å². The molecule has 1 heterocycles. The third kappa shape index (κ3) is 2.76. The second kappa shape index (κ2) is 5.00. The highest BCUT2D eigenvalue weighted by Gasteiger charge is 2.33. The number of hydrogen-bond donors (Lipinski definition) is 2. The Morgan fingerprint density at radius 3 is 2.68 bits per heavy atom. The van der Waals surface area contributed by atoms with Gasteiger partial charge >= 0.3 is 6.18 Å². The van der Waals surface area contributed by atoms with Crippen molar-refractivity contribution in [3.8, 4) is 0 Å². The molecule has 0 unspecified atom stereocenters. The Kier molecular flexibility index (Phi) is 3.57. The number of hydrogen-bond acceptors (Lipinski definition) is 3. The number of nitrogens with two attached hydrogens (primary N) is 1. The van der Waals surface area contributed by atoms with E-state index in [0.29, 0.717) is 19.4 Å². The SMILES string of the molecule is NCCCc1nc2c(C(F)(F)F)cccc2c(=O)[nH]1. The summed E-state index contributed by atoms with van der Waals surface area (Å²) in [5, 5.41) is -0.0636. The average Bonchev–Trinajstić information content (AvgIpc) is 2.34. The van der Waals surface area contributed by atoms with Crippen LogP contribution in [0, 0.1) is 0 Å². The van der Waals surface area contributed by atoms with Crippen molar-refractivity contribution in [2.45, 2.75) is 19.0 Å². The van der Waals surface area contributed by atoms with Crippen LogP contribution in [0.1, 0.15) is 17.8 Å². The van der Waals surface area contributed by atoms with Crippen LogP contribution in [0.2, 0.25) is 0 Å². The van der Waals surface area contributed by atoms with Gasteiger partial charge in [-0.1, -0.05) is 6.07 Å². The van der Waals surface area contributed by atoms with Gasteiger partial charge in [0.25, 0.3) is 5.56 Å². The van der Waals surface area contributed by atoms with Gasteiger partial charge in [0.1, 0.15) is 5.82 Å². The molecule has 0 saturated carbocycles. The maximum Gasteiger partial charge on any atom is 0.418 e. The van der Waals surface area contributed by atoms with Crippen molar-refractivity contribution < 1.29 is 13.2 Å². The van der Waals surface area contributed by atoms with E-state index in [1.54, 1.807) is 0 Å². The molecular weight excluding hydrogens is 259 g/mol. The van der Waals surface area contributed by atoms with Crippen molar-refractivity contribution in [3.63, 3.8) is 0 Å². The molecule has 0 radical (unpaired) electrons. The zero-order valence-corrected chi connectivity index (χ0v) is 9.92. The van der Waals surface area contributed by atoms with Gasteiger partial charge in [0.2, 0.25) is 0 Å². The van der Waals surface area contributed by atoms with E-state index < -0.39 is 17.3 Å². The molecule has 2 aromatic rings. The summed E-state index contributed by atoms with van der Waals surface area (Å²) in [5.74, 6) is 0.222. The van der Waals surface area contributed by atoms with Gasteiger partial charge in [0.05, 0.1) is 16.5 Å². The maximum absolute atomic E-state index is 12.9. The summed E-state index contributed by atoms with van der Waals surface area (Å²) < 4.78 is 38.6. The number of halogens is 3. The van der Waals surface area contributed by atoms with E-state index in [1.807, 2.05) is 0 Å². The summed E-state index contributed by atoms with van der Waals surface area (Å²) in [7, 11) is 0. The van der Waals surface area contributed by atoms with E-state index in [4.69, 9.17) is 5.73 Å². The van der Waals surface area contributed by atoms with Gasteiger partial charge in [-0.2, -0.15) is 13.2 Å². The molecule has 0 aliphatic heterocycles. The molecule has 7 heteroatoms. The largest absolute Gasteiger partial charge is 0.418 e. The van der Waals surface area contributed by atoms with Crippen LogP contribution in [-0.4, -0.2) is 16.5 Å². The molecule has 2 rings (SSSR count). The molecule has 4 nitrogen and oxygen atoms in total. The Morgan fingerprint density at radius 2 is 2.05 bits per heavy atom. The number of nitrogens with zero attached hydrogens (tertiary/aromatic N) is 1. The van der Waals surface area contributed by atoms with Crippen LogP contribution in [0.25, 0.3) is 10.9 Å². The van der Waals surface area contributed by atoms with Gasteiger partial charge in [0.15, 0.2) is 0 Å². The molecule has 1 aromatic heterocycles. The molecule has 0 atom stereocenters. The van der Waals surface area contributed by atoms with Gasteiger partial charge in [0, 0.05) is 6.42 Å². The number of rotatable bonds is 3. The molecule has 1 aromatic carbocycles. The number of H-pyrrole nitrogens is 1. The summed E-state index contributed by atoms with van der Waals surface area (Å²) in [5.41, 5.74) is 3.55. The highest BCUT2D eigenvalue weighted by molar-refractivity contribution is 5.81. The predicted octanol–water partition coefficient (Wildman–Crippen LogP) is 1.83. The summed E-state index contributed by atoms with van der Waals surface area (Å²) in [6.07, 6.45) is -3.65. The highest BCUT2D eigenvalue weighted by atomic mass is 19.4. The quantitative estimate of drug-likeness (QED) is 0.894. The van der Waals surface area contributed by atoms with E-state index in [1.165, 1.54) is 12.1 Å². The number of aromatic nitrogens is 2. The lowest BCUT2D eigenvalue weighted by Gasteiger charge is -2.10. The van der Waals surface area contributed by atoms with Crippen molar-refractivity contribution in [2.75, 3.05) is 6.54 Å². The number of fused-ring (bicyclic) bond motifs is 1. The standard InChI is InChI=1S/C12H12F3N3O/c13-12(14,15)8-4-1-3-7-10(8)17-9(5-2-6-16)18-11(7)19/h1,3-4H,2,5-6,16H2,(H,17,18,19). The van der Waals surface area contributed by atoms with E-state index in [-0.39, 0.29) is 16.7 Å². The Hall–Kier alpha value is -1.89. The Morgan fingerprint density at radius 1 is 1.32 bits per heavy atom. The summed E-state index contributed by atoms with van der Waals surface area (Å²) >= 11 is 0. The summed E-state index contributed by atoms with van der Waals surface area (Å²) in [6, 6.07) is 3.44. The first-order valence-corrected chi connectivity index (χ1v) is 5.72. The first-order valence-electron chi connectivity index (χ1n) is 5.72. The zero-order chi connectivity index (χ0) is 14.0. The second-order valence-corrected chi connectivity index (χ2v) is 4.10. The van der Waals surface area contributed by atoms with Crippen LogP contribution in [0.3, 0.4) is 0 Å². The van der Waals surface area contributed by atoms with Gasteiger partial charge in [-0.25, -0.2) is 4.98 Å². The Balaban J connectivity index is 2.66. The van der Waals surface area contributed by atoms with Gasteiger partial charge < -0.3 is 10.7 Å². The minimum atomic E-state index is -4.54. The number of aromatic amines is 1. The fraction of sp³-hybridized carbons (Fsp3) is 0.333. The van der Waals surface area contributed by atoms with Crippen LogP contribution in [0.15, 0.2) is 23.0 Å². The van der Waals surface area contributed by atoms with Crippen molar-refractivity contribution >= 4 is 10.9 Å². The number of para-hydroxylation sites is 1. The third-order valence-corrected chi connectivity index (χ3v) is 2.71.